The summed E-state index contributed by atoms with van der Waals surface area (Å²) in [5.41, 5.74) is -0.0331. The molecule has 1 rings (SSSR count). The van der Waals surface area contributed by atoms with Crippen molar-refractivity contribution in [2.75, 3.05) is 0 Å². The van der Waals surface area contributed by atoms with E-state index in [9.17, 15) is 4.79 Å². The fourth-order valence-corrected chi connectivity index (χ4v) is 1.80. The Kier molecular flexibility index (Phi) is 3.52. The van der Waals surface area contributed by atoms with Gasteiger partial charge in [0.05, 0.1) is 6.42 Å². The lowest BCUT2D eigenvalue weighted by molar-refractivity contribution is -0.138. The van der Waals surface area contributed by atoms with Crippen LogP contribution in [0.4, 0.5) is 0 Å². The molecular weight excluding hydrogens is 239 g/mol. The molecule has 0 aliphatic rings. The predicted octanol–water partition coefficient (Wildman–Crippen LogP) is 2.54. The summed E-state index contributed by atoms with van der Waals surface area (Å²) in [4.78, 5) is 10.7. The maximum Gasteiger partial charge on any atom is 0.304 e. The Morgan fingerprint density at radius 1 is 1.47 bits per heavy atom. The standard InChI is InChI=1S/C9H10Cl2N2O2/c1-9(2,4-7(14)15)5-3-6(10)12-13-8(5)11/h3H,4H2,1-2H3,(H,14,15). The molecule has 1 heterocycles. The number of nitrogens with zero attached hydrogens (tertiary/aromatic N) is 2. The fourth-order valence-electron chi connectivity index (χ4n) is 1.30. The highest BCUT2D eigenvalue weighted by Crippen LogP contribution is 2.32. The zero-order valence-electron chi connectivity index (χ0n) is 8.29. The van der Waals surface area contributed by atoms with E-state index in [0.717, 1.165) is 0 Å². The first-order valence-corrected chi connectivity index (χ1v) is 4.99. The van der Waals surface area contributed by atoms with Gasteiger partial charge in [-0.25, -0.2) is 0 Å². The minimum Gasteiger partial charge on any atom is -0.481 e. The summed E-state index contributed by atoms with van der Waals surface area (Å²) in [6.45, 7) is 3.53. The number of hydrogen-bond acceptors (Lipinski definition) is 3. The van der Waals surface area contributed by atoms with Crippen molar-refractivity contribution in [3.05, 3.63) is 21.9 Å². The van der Waals surface area contributed by atoms with Gasteiger partial charge in [-0.05, 0) is 6.07 Å². The van der Waals surface area contributed by atoms with E-state index in [-0.39, 0.29) is 16.7 Å². The van der Waals surface area contributed by atoms with Crippen LogP contribution in [0.3, 0.4) is 0 Å². The number of aromatic nitrogens is 2. The lowest BCUT2D eigenvalue weighted by Crippen LogP contribution is -2.22. The van der Waals surface area contributed by atoms with E-state index in [4.69, 9.17) is 28.3 Å². The van der Waals surface area contributed by atoms with Crippen molar-refractivity contribution >= 4 is 29.2 Å². The summed E-state index contributed by atoms with van der Waals surface area (Å²) < 4.78 is 0. The first-order chi connectivity index (χ1) is 6.83. The van der Waals surface area contributed by atoms with Crippen molar-refractivity contribution in [3.63, 3.8) is 0 Å². The van der Waals surface area contributed by atoms with Gasteiger partial charge in [0.15, 0.2) is 10.3 Å². The van der Waals surface area contributed by atoms with E-state index in [0.29, 0.717) is 5.56 Å². The summed E-state index contributed by atoms with van der Waals surface area (Å²) in [7, 11) is 0. The van der Waals surface area contributed by atoms with Crippen LogP contribution in [0, 0.1) is 0 Å². The van der Waals surface area contributed by atoms with Gasteiger partial charge in [-0.1, -0.05) is 37.0 Å². The molecular formula is C9H10Cl2N2O2. The van der Waals surface area contributed by atoms with Gasteiger partial charge in [-0.2, -0.15) is 0 Å². The fraction of sp³-hybridized carbons (Fsp3) is 0.444. The highest BCUT2D eigenvalue weighted by atomic mass is 35.5. The molecule has 15 heavy (non-hydrogen) atoms. The van der Waals surface area contributed by atoms with Crippen LogP contribution in [0.2, 0.25) is 10.3 Å². The molecule has 1 aromatic heterocycles. The van der Waals surface area contributed by atoms with E-state index in [2.05, 4.69) is 10.2 Å². The number of aliphatic carboxylic acids is 1. The molecule has 0 saturated heterocycles. The van der Waals surface area contributed by atoms with Crippen molar-refractivity contribution in [3.8, 4) is 0 Å². The van der Waals surface area contributed by atoms with Crippen LogP contribution in [-0.4, -0.2) is 21.3 Å². The number of carboxylic acid groups (broad SMARTS) is 1. The van der Waals surface area contributed by atoms with Crippen LogP contribution in [0.15, 0.2) is 6.07 Å². The predicted molar refractivity (Wildman–Crippen MR) is 57.3 cm³/mol. The number of halogens is 2. The first-order valence-electron chi connectivity index (χ1n) is 4.24. The zero-order valence-corrected chi connectivity index (χ0v) is 9.80. The Labute approximate surface area is 97.2 Å². The zero-order chi connectivity index (χ0) is 11.6. The van der Waals surface area contributed by atoms with Gasteiger partial charge in [0, 0.05) is 11.0 Å². The first kappa shape index (κ1) is 12.2. The van der Waals surface area contributed by atoms with Gasteiger partial charge in [-0.15, -0.1) is 10.2 Å². The molecule has 1 N–H and O–H groups in total. The van der Waals surface area contributed by atoms with Gasteiger partial charge < -0.3 is 5.11 Å². The van der Waals surface area contributed by atoms with Crippen molar-refractivity contribution in [2.45, 2.75) is 25.7 Å². The molecule has 0 aliphatic heterocycles. The van der Waals surface area contributed by atoms with Crippen LogP contribution in [0.25, 0.3) is 0 Å². The maximum absolute atomic E-state index is 10.7. The monoisotopic (exact) mass is 248 g/mol. The van der Waals surface area contributed by atoms with E-state index < -0.39 is 11.4 Å². The summed E-state index contributed by atoms with van der Waals surface area (Å²) >= 11 is 11.5. The molecule has 1 aromatic rings. The summed E-state index contributed by atoms with van der Waals surface area (Å²) in [5.74, 6) is -0.899. The van der Waals surface area contributed by atoms with E-state index >= 15 is 0 Å². The summed E-state index contributed by atoms with van der Waals surface area (Å²) in [6, 6.07) is 1.54. The van der Waals surface area contributed by atoms with Crippen molar-refractivity contribution in [2.24, 2.45) is 0 Å². The topological polar surface area (TPSA) is 63.1 Å². The third-order valence-corrected chi connectivity index (χ3v) is 2.51. The summed E-state index contributed by atoms with van der Waals surface area (Å²) in [6.07, 6.45) is -0.0469. The molecule has 0 saturated carbocycles. The van der Waals surface area contributed by atoms with Crippen LogP contribution >= 0.6 is 23.2 Å². The second kappa shape index (κ2) is 4.33. The third-order valence-electron chi connectivity index (χ3n) is 2.04. The molecule has 82 valence electrons. The molecule has 0 fully saturated rings. The average molecular weight is 249 g/mol. The van der Waals surface area contributed by atoms with Crippen molar-refractivity contribution < 1.29 is 9.90 Å². The highest BCUT2D eigenvalue weighted by Gasteiger charge is 2.27. The highest BCUT2D eigenvalue weighted by molar-refractivity contribution is 6.31. The second-order valence-corrected chi connectivity index (χ2v) is 4.57. The minimum absolute atomic E-state index is 0.0469. The molecule has 0 aromatic carbocycles. The van der Waals surface area contributed by atoms with Crippen LogP contribution < -0.4 is 0 Å². The number of carboxylic acids is 1. The largest absolute Gasteiger partial charge is 0.481 e. The van der Waals surface area contributed by atoms with Crippen LogP contribution in [0.5, 0.6) is 0 Å². The molecule has 4 nitrogen and oxygen atoms in total. The van der Waals surface area contributed by atoms with E-state index in [1.54, 1.807) is 19.9 Å². The Bertz CT molecular complexity index is 394. The molecule has 0 aliphatic carbocycles. The van der Waals surface area contributed by atoms with Crippen molar-refractivity contribution in [1.29, 1.82) is 0 Å². The maximum atomic E-state index is 10.7. The van der Waals surface area contributed by atoms with Gasteiger partial charge in [0.2, 0.25) is 0 Å². The van der Waals surface area contributed by atoms with Gasteiger partial charge >= 0.3 is 5.97 Å². The molecule has 6 heteroatoms. The van der Waals surface area contributed by atoms with E-state index in [1.165, 1.54) is 0 Å². The number of rotatable bonds is 3. The Morgan fingerprint density at radius 3 is 2.60 bits per heavy atom. The van der Waals surface area contributed by atoms with Crippen LogP contribution in [0.1, 0.15) is 25.8 Å². The molecule has 0 amide bonds. The minimum atomic E-state index is -0.899. The van der Waals surface area contributed by atoms with Gasteiger partial charge in [-0.3, -0.25) is 4.79 Å². The molecule has 0 spiro atoms. The normalized spacial score (nSPS) is 11.5. The Morgan fingerprint density at radius 2 is 2.07 bits per heavy atom. The number of hydrogen-bond donors (Lipinski definition) is 1. The molecule has 0 radical (unpaired) electrons. The van der Waals surface area contributed by atoms with Crippen LogP contribution in [-0.2, 0) is 10.2 Å². The second-order valence-electron chi connectivity index (χ2n) is 3.83. The lowest BCUT2D eigenvalue weighted by atomic mass is 9.83. The quantitative estimate of drug-likeness (QED) is 0.893. The van der Waals surface area contributed by atoms with E-state index in [1.807, 2.05) is 0 Å². The van der Waals surface area contributed by atoms with Gasteiger partial charge in [0.25, 0.3) is 0 Å². The Balaban J connectivity index is 3.13. The van der Waals surface area contributed by atoms with Gasteiger partial charge in [0.1, 0.15) is 0 Å². The smallest absolute Gasteiger partial charge is 0.304 e. The number of carbonyl (C=O) groups is 1. The molecule has 0 atom stereocenters. The summed E-state index contributed by atoms with van der Waals surface area (Å²) in [5, 5.41) is 16.4. The molecule has 0 unspecified atom stereocenters. The molecule has 0 bridgehead atoms. The van der Waals surface area contributed by atoms with Crippen molar-refractivity contribution in [1.82, 2.24) is 10.2 Å². The average Bonchev–Trinajstić information content (AvgIpc) is 2.06. The Hall–Kier alpha value is -0.870. The third kappa shape index (κ3) is 3.04. The lowest BCUT2D eigenvalue weighted by Gasteiger charge is -2.23. The SMILES string of the molecule is CC(C)(CC(=O)O)c1cc(Cl)nnc1Cl.